The number of piperazine rings is 1. The molecule has 32 heavy (non-hydrogen) atoms. The van der Waals surface area contributed by atoms with E-state index in [2.05, 4.69) is 10.2 Å². The number of hydrogen-bond acceptors (Lipinski definition) is 3. The summed E-state index contributed by atoms with van der Waals surface area (Å²) in [4.78, 5) is 29.5. The molecule has 1 aliphatic heterocycles. The number of hydrogen-bond donors (Lipinski definition) is 1. The fourth-order valence-corrected chi connectivity index (χ4v) is 4.15. The number of carbonyl (C=O) groups is 2. The predicted octanol–water partition coefficient (Wildman–Crippen LogP) is 5.52. The molecule has 0 unspecified atom stereocenters. The molecule has 0 saturated carbocycles. The van der Waals surface area contributed by atoms with Crippen LogP contribution in [0.25, 0.3) is 0 Å². The van der Waals surface area contributed by atoms with Gasteiger partial charge in [0.15, 0.2) is 0 Å². The van der Waals surface area contributed by atoms with Gasteiger partial charge in [-0.05, 0) is 61.0 Å². The highest BCUT2D eigenvalue weighted by Crippen LogP contribution is 2.24. The van der Waals surface area contributed by atoms with Crippen molar-refractivity contribution in [2.24, 2.45) is 0 Å². The number of nitrogens with one attached hydrogen (secondary N) is 1. The summed E-state index contributed by atoms with van der Waals surface area (Å²) in [5, 5.41) is 3.65. The Labute approximate surface area is 197 Å². The van der Waals surface area contributed by atoms with E-state index in [-0.39, 0.29) is 11.8 Å². The standard InChI is InChI=1S/C25H23Cl2N3O2/c1-17-4-2-3-5-21(17)25(32)30-14-12-29(13-15-30)20-9-7-19(8-10-20)28-24(31)22-16-18(26)6-11-23(22)27/h2-11,16H,12-15H2,1H3,(H,28,31). The molecule has 0 atom stereocenters. The van der Waals surface area contributed by atoms with Crippen molar-refractivity contribution in [1.82, 2.24) is 4.90 Å². The minimum atomic E-state index is -0.311. The molecule has 1 N–H and O–H groups in total. The van der Waals surface area contributed by atoms with Crippen molar-refractivity contribution in [3.8, 4) is 0 Å². The number of nitrogens with zero attached hydrogens (tertiary/aromatic N) is 2. The Kier molecular flexibility index (Phi) is 6.68. The fraction of sp³-hybridized carbons (Fsp3) is 0.200. The van der Waals surface area contributed by atoms with Crippen LogP contribution in [0.1, 0.15) is 26.3 Å². The average molecular weight is 468 g/mol. The van der Waals surface area contributed by atoms with Crippen LogP contribution in [0.4, 0.5) is 11.4 Å². The molecule has 0 aliphatic carbocycles. The Morgan fingerprint density at radius 3 is 2.22 bits per heavy atom. The van der Waals surface area contributed by atoms with Gasteiger partial charge in [0, 0.05) is 48.1 Å². The van der Waals surface area contributed by atoms with Gasteiger partial charge in [-0.15, -0.1) is 0 Å². The van der Waals surface area contributed by atoms with E-state index < -0.39 is 0 Å². The molecular weight excluding hydrogens is 445 g/mol. The van der Waals surface area contributed by atoms with Crippen molar-refractivity contribution in [3.05, 3.63) is 93.5 Å². The minimum absolute atomic E-state index is 0.0838. The molecule has 1 saturated heterocycles. The summed E-state index contributed by atoms with van der Waals surface area (Å²) >= 11 is 12.1. The predicted molar refractivity (Wildman–Crippen MR) is 130 cm³/mol. The lowest BCUT2D eigenvalue weighted by atomic mass is 10.1. The molecule has 1 aliphatic rings. The van der Waals surface area contributed by atoms with E-state index in [1.165, 1.54) is 0 Å². The van der Waals surface area contributed by atoms with Crippen LogP contribution in [0.2, 0.25) is 10.0 Å². The Hall–Kier alpha value is -3.02. The van der Waals surface area contributed by atoms with Crippen LogP contribution in [-0.2, 0) is 0 Å². The van der Waals surface area contributed by atoms with E-state index in [9.17, 15) is 9.59 Å². The van der Waals surface area contributed by atoms with Gasteiger partial charge < -0.3 is 15.1 Å². The lowest BCUT2D eigenvalue weighted by Crippen LogP contribution is -2.48. The second-order valence-electron chi connectivity index (χ2n) is 7.72. The average Bonchev–Trinajstić information content (AvgIpc) is 2.81. The van der Waals surface area contributed by atoms with Crippen LogP contribution in [0, 0.1) is 6.92 Å². The summed E-state index contributed by atoms with van der Waals surface area (Å²) in [5.74, 6) is -0.228. The van der Waals surface area contributed by atoms with Gasteiger partial charge in [0.25, 0.3) is 11.8 Å². The third kappa shape index (κ3) is 4.90. The molecule has 4 rings (SSSR count). The van der Waals surface area contributed by atoms with Crippen LogP contribution in [0.15, 0.2) is 66.7 Å². The topological polar surface area (TPSA) is 52.7 Å². The normalized spacial score (nSPS) is 13.7. The Morgan fingerprint density at radius 1 is 0.844 bits per heavy atom. The molecule has 0 aromatic heterocycles. The molecule has 5 nitrogen and oxygen atoms in total. The summed E-state index contributed by atoms with van der Waals surface area (Å²) in [5.41, 5.74) is 3.81. The molecule has 3 aromatic carbocycles. The van der Waals surface area contributed by atoms with E-state index in [0.717, 1.165) is 29.9 Å². The van der Waals surface area contributed by atoms with Crippen molar-refractivity contribution < 1.29 is 9.59 Å². The van der Waals surface area contributed by atoms with Gasteiger partial charge in [-0.2, -0.15) is 0 Å². The minimum Gasteiger partial charge on any atom is -0.368 e. The third-order valence-electron chi connectivity index (χ3n) is 5.61. The number of carbonyl (C=O) groups excluding carboxylic acids is 2. The highest BCUT2D eigenvalue weighted by molar-refractivity contribution is 6.36. The van der Waals surface area contributed by atoms with Gasteiger partial charge in [-0.1, -0.05) is 41.4 Å². The zero-order valence-corrected chi connectivity index (χ0v) is 19.2. The summed E-state index contributed by atoms with van der Waals surface area (Å²) in [6.07, 6.45) is 0. The van der Waals surface area contributed by atoms with E-state index in [1.807, 2.05) is 60.4 Å². The van der Waals surface area contributed by atoms with Gasteiger partial charge in [-0.25, -0.2) is 0 Å². The van der Waals surface area contributed by atoms with Gasteiger partial charge in [0.1, 0.15) is 0 Å². The highest BCUT2D eigenvalue weighted by Gasteiger charge is 2.23. The number of anilines is 2. The van der Waals surface area contributed by atoms with Gasteiger partial charge in [-0.3, -0.25) is 9.59 Å². The van der Waals surface area contributed by atoms with E-state index in [0.29, 0.717) is 34.4 Å². The molecule has 1 fully saturated rings. The molecule has 164 valence electrons. The number of benzene rings is 3. The molecule has 2 amide bonds. The smallest absolute Gasteiger partial charge is 0.257 e. The zero-order valence-electron chi connectivity index (χ0n) is 17.6. The summed E-state index contributed by atoms with van der Waals surface area (Å²) < 4.78 is 0. The Bertz CT molecular complexity index is 1140. The van der Waals surface area contributed by atoms with Crippen molar-refractivity contribution in [2.75, 3.05) is 36.4 Å². The van der Waals surface area contributed by atoms with E-state index in [1.54, 1.807) is 18.2 Å². The first kappa shape index (κ1) is 22.2. The maximum Gasteiger partial charge on any atom is 0.257 e. The first-order valence-electron chi connectivity index (χ1n) is 10.4. The quantitative estimate of drug-likeness (QED) is 0.549. The maximum absolute atomic E-state index is 12.8. The van der Waals surface area contributed by atoms with E-state index >= 15 is 0 Å². The van der Waals surface area contributed by atoms with Gasteiger partial charge in [0.2, 0.25) is 0 Å². The van der Waals surface area contributed by atoms with Crippen LogP contribution in [-0.4, -0.2) is 42.9 Å². The number of aryl methyl sites for hydroxylation is 1. The first-order chi connectivity index (χ1) is 15.4. The molecule has 3 aromatic rings. The van der Waals surface area contributed by atoms with Crippen LogP contribution in [0.3, 0.4) is 0 Å². The summed E-state index contributed by atoms with van der Waals surface area (Å²) in [7, 11) is 0. The van der Waals surface area contributed by atoms with Gasteiger partial charge in [0.05, 0.1) is 10.6 Å². The summed E-state index contributed by atoms with van der Waals surface area (Å²) in [6, 6.07) is 20.1. The second-order valence-corrected chi connectivity index (χ2v) is 8.56. The Balaban J connectivity index is 1.36. The third-order valence-corrected chi connectivity index (χ3v) is 6.17. The summed E-state index contributed by atoms with van der Waals surface area (Å²) in [6.45, 7) is 4.80. The van der Waals surface area contributed by atoms with Crippen LogP contribution < -0.4 is 10.2 Å². The second kappa shape index (κ2) is 9.63. The van der Waals surface area contributed by atoms with Crippen LogP contribution in [0.5, 0.6) is 0 Å². The fourth-order valence-electron chi connectivity index (χ4n) is 3.78. The zero-order chi connectivity index (χ0) is 22.7. The van der Waals surface area contributed by atoms with Crippen molar-refractivity contribution in [3.63, 3.8) is 0 Å². The van der Waals surface area contributed by atoms with E-state index in [4.69, 9.17) is 23.2 Å². The van der Waals surface area contributed by atoms with Gasteiger partial charge >= 0.3 is 0 Å². The molecule has 0 radical (unpaired) electrons. The lowest BCUT2D eigenvalue weighted by Gasteiger charge is -2.36. The molecule has 0 bridgehead atoms. The largest absolute Gasteiger partial charge is 0.368 e. The maximum atomic E-state index is 12.8. The van der Waals surface area contributed by atoms with Crippen LogP contribution >= 0.6 is 23.2 Å². The highest BCUT2D eigenvalue weighted by atomic mass is 35.5. The van der Waals surface area contributed by atoms with Crippen molar-refractivity contribution >= 4 is 46.4 Å². The van der Waals surface area contributed by atoms with Crippen molar-refractivity contribution in [2.45, 2.75) is 6.92 Å². The molecular formula is C25H23Cl2N3O2. The Morgan fingerprint density at radius 2 is 1.53 bits per heavy atom. The monoisotopic (exact) mass is 467 g/mol. The first-order valence-corrected chi connectivity index (χ1v) is 11.1. The molecule has 0 spiro atoms. The number of rotatable bonds is 4. The molecule has 1 heterocycles. The lowest BCUT2D eigenvalue weighted by molar-refractivity contribution is 0.0746. The number of amides is 2. The molecule has 7 heteroatoms. The van der Waals surface area contributed by atoms with Crippen molar-refractivity contribution in [1.29, 1.82) is 0 Å². The number of halogens is 2. The SMILES string of the molecule is Cc1ccccc1C(=O)N1CCN(c2ccc(NC(=O)c3cc(Cl)ccc3Cl)cc2)CC1.